The van der Waals surface area contributed by atoms with Gasteiger partial charge in [-0.25, -0.2) is 4.98 Å². The van der Waals surface area contributed by atoms with Crippen LogP contribution < -0.4 is 5.32 Å². The largest absolute Gasteiger partial charge is 0.431 e. The molecule has 8 heteroatoms. The minimum Gasteiger partial charge on any atom is -0.431 e. The molecule has 0 saturated heterocycles. The molecule has 22 heavy (non-hydrogen) atoms. The van der Waals surface area contributed by atoms with E-state index in [0.717, 1.165) is 11.8 Å². The highest BCUT2D eigenvalue weighted by molar-refractivity contribution is 7.99. The average molecular weight is 323 g/mol. The summed E-state index contributed by atoms with van der Waals surface area (Å²) < 4.78 is 5.45. The van der Waals surface area contributed by atoms with E-state index in [2.05, 4.69) is 10.3 Å². The minimum absolute atomic E-state index is 0.0409. The number of nitrogens with zero attached hydrogens (tertiary/aromatic N) is 2. The second-order valence-electron chi connectivity index (χ2n) is 5.28. The molecule has 2 aromatic rings. The Morgan fingerprint density at radius 3 is 2.82 bits per heavy atom. The van der Waals surface area contributed by atoms with Crippen molar-refractivity contribution in [2.45, 2.75) is 32.0 Å². The van der Waals surface area contributed by atoms with Gasteiger partial charge in [-0.1, -0.05) is 25.6 Å². The van der Waals surface area contributed by atoms with E-state index in [0.29, 0.717) is 22.2 Å². The van der Waals surface area contributed by atoms with Crippen LogP contribution in [0.1, 0.15) is 20.8 Å². The van der Waals surface area contributed by atoms with Crippen molar-refractivity contribution >= 4 is 34.5 Å². The van der Waals surface area contributed by atoms with Gasteiger partial charge in [-0.15, -0.1) is 0 Å². The molecule has 7 nitrogen and oxygen atoms in total. The molecule has 0 bridgehead atoms. The first kappa shape index (κ1) is 16.3. The molecule has 0 aliphatic heterocycles. The lowest BCUT2D eigenvalue weighted by atomic mass is 10.1. The minimum atomic E-state index is -0.484. The number of carbonyl (C=O) groups is 1. The second-order valence-corrected chi connectivity index (χ2v) is 6.20. The number of carbonyl (C=O) groups excluding carboxylic acids is 1. The lowest BCUT2D eigenvalue weighted by Gasteiger charge is -2.16. The number of rotatable bonds is 6. The van der Waals surface area contributed by atoms with Gasteiger partial charge in [-0.05, 0) is 18.9 Å². The third-order valence-electron chi connectivity index (χ3n) is 3.28. The number of hydrogen-bond donors (Lipinski definition) is 1. The van der Waals surface area contributed by atoms with Crippen LogP contribution in [0.25, 0.3) is 11.1 Å². The van der Waals surface area contributed by atoms with Gasteiger partial charge in [0.25, 0.3) is 10.9 Å². The number of thioether (sulfide) groups is 1. The van der Waals surface area contributed by atoms with E-state index in [1.165, 1.54) is 18.2 Å². The van der Waals surface area contributed by atoms with E-state index in [1.54, 1.807) is 0 Å². The fourth-order valence-electron chi connectivity index (χ4n) is 1.66. The number of fused-ring (bicyclic) bond motifs is 1. The van der Waals surface area contributed by atoms with E-state index in [4.69, 9.17) is 4.42 Å². The number of aromatic nitrogens is 1. The quantitative estimate of drug-likeness (QED) is 0.498. The maximum absolute atomic E-state index is 11.8. The zero-order valence-electron chi connectivity index (χ0n) is 12.5. The molecule has 0 aliphatic rings. The molecule has 1 heterocycles. The normalized spacial score (nSPS) is 12.5. The molecule has 0 fully saturated rings. The highest BCUT2D eigenvalue weighted by Crippen LogP contribution is 2.26. The summed E-state index contributed by atoms with van der Waals surface area (Å²) in [6, 6.07) is 4.31. The molecule has 1 aromatic carbocycles. The summed E-state index contributed by atoms with van der Waals surface area (Å²) in [5.74, 6) is 0.449. The summed E-state index contributed by atoms with van der Waals surface area (Å²) in [6.45, 7) is 6.02. The Labute approximate surface area is 131 Å². The first-order valence-corrected chi connectivity index (χ1v) is 7.82. The number of amides is 1. The Morgan fingerprint density at radius 2 is 2.18 bits per heavy atom. The molecule has 2 rings (SSSR count). The topological polar surface area (TPSA) is 98.3 Å². The zero-order chi connectivity index (χ0) is 16.3. The number of nitro benzene ring substituents is 1. The van der Waals surface area contributed by atoms with E-state index in [1.807, 2.05) is 20.8 Å². The number of nitro groups is 1. The molecular formula is C14H17N3O4S. The van der Waals surface area contributed by atoms with Crippen LogP contribution in [-0.4, -0.2) is 27.6 Å². The fraction of sp³-hybridized carbons (Fsp3) is 0.429. The molecule has 1 atom stereocenters. The van der Waals surface area contributed by atoms with Crippen molar-refractivity contribution in [3.8, 4) is 0 Å². The van der Waals surface area contributed by atoms with Gasteiger partial charge in [-0.3, -0.25) is 14.9 Å². The van der Waals surface area contributed by atoms with Crippen molar-refractivity contribution < 1.29 is 14.1 Å². The highest BCUT2D eigenvalue weighted by atomic mass is 32.2. The molecule has 1 unspecified atom stereocenters. The third-order valence-corrected chi connectivity index (χ3v) is 4.11. The molecule has 0 spiro atoms. The number of nitrogens with one attached hydrogen (secondary N) is 1. The van der Waals surface area contributed by atoms with Crippen LogP contribution in [0.5, 0.6) is 0 Å². The standard InChI is InChI=1S/C14H17N3O4S/c1-8(2)9(3)15-13(18)7-22-14-16-11-6-10(17(19)20)4-5-12(11)21-14/h4-6,8-9H,7H2,1-3H3,(H,15,18). The zero-order valence-corrected chi connectivity index (χ0v) is 13.3. The monoisotopic (exact) mass is 323 g/mol. The maximum atomic E-state index is 11.8. The highest BCUT2D eigenvalue weighted by Gasteiger charge is 2.15. The Kier molecular flexibility index (Phi) is 5.02. The van der Waals surface area contributed by atoms with Gasteiger partial charge in [0.2, 0.25) is 5.91 Å². The Morgan fingerprint density at radius 1 is 1.45 bits per heavy atom. The summed E-state index contributed by atoms with van der Waals surface area (Å²) in [4.78, 5) is 26.2. The van der Waals surface area contributed by atoms with Gasteiger partial charge in [-0.2, -0.15) is 0 Å². The summed E-state index contributed by atoms with van der Waals surface area (Å²) in [7, 11) is 0. The summed E-state index contributed by atoms with van der Waals surface area (Å²) in [6.07, 6.45) is 0. The summed E-state index contributed by atoms with van der Waals surface area (Å²) in [5.41, 5.74) is 0.831. The van der Waals surface area contributed by atoms with Crippen LogP contribution in [0.3, 0.4) is 0 Å². The Balaban J connectivity index is 2.00. The maximum Gasteiger partial charge on any atom is 0.271 e. The number of non-ortho nitro benzene ring substituents is 1. The Hall–Kier alpha value is -2.09. The van der Waals surface area contributed by atoms with Crippen LogP contribution in [0, 0.1) is 16.0 Å². The number of oxazole rings is 1. The van der Waals surface area contributed by atoms with Crippen molar-refractivity contribution in [1.82, 2.24) is 10.3 Å². The van der Waals surface area contributed by atoms with Crippen LogP contribution in [0.2, 0.25) is 0 Å². The molecule has 118 valence electrons. The molecule has 0 saturated carbocycles. The second kappa shape index (κ2) is 6.78. The van der Waals surface area contributed by atoms with E-state index in [9.17, 15) is 14.9 Å². The summed E-state index contributed by atoms with van der Waals surface area (Å²) >= 11 is 1.16. The molecule has 1 aromatic heterocycles. The van der Waals surface area contributed by atoms with Gasteiger partial charge >= 0.3 is 0 Å². The molecule has 1 amide bonds. The lowest BCUT2D eigenvalue weighted by Crippen LogP contribution is -2.37. The van der Waals surface area contributed by atoms with Crippen molar-refractivity contribution in [2.75, 3.05) is 5.75 Å². The van der Waals surface area contributed by atoms with Crippen molar-refractivity contribution in [1.29, 1.82) is 0 Å². The van der Waals surface area contributed by atoms with Gasteiger partial charge in [0.15, 0.2) is 5.58 Å². The van der Waals surface area contributed by atoms with Gasteiger partial charge < -0.3 is 9.73 Å². The van der Waals surface area contributed by atoms with Crippen LogP contribution in [-0.2, 0) is 4.79 Å². The van der Waals surface area contributed by atoms with Crippen molar-refractivity contribution in [3.05, 3.63) is 28.3 Å². The van der Waals surface area contributed by atoms with Gasteiger partial charge in [0.05, 0.1) is 10.7 Å². The smallest absolute Gasteiger partial charge is 0.271 e. The predicted octanol–water partition coefficient (Wildman–Crippen LogP) is 2.99. The summed E-state index contributed by atoms with van der Waals surface area (Å²) in [5, 5.41) is 13.9. The average Bonchev–Trinajstić information content (AvgIpc) is 2.86. The molecule has 1 N–H and O–H groups in total. The van der Waals surface area contributed by atoms with E-state index < -0.39 is 4.92 Å². The number of benzene rings is 1. The van der Waals surface area contributed by atoms with Gasteiger partial charge in [0.1, 0.15) is 5.52 Å². The van der Waals surface area contributed by atoms with E-state index in [-0.39, 0.29) is 23.4 Å². The first-order chi connectivity index (χ1) is 10.4. The SMILES string of the molecule is CC(C)C(C)NC(=O)CSc1nc2cc([N+](=O)[O-])ccc2o1. The van der Waals surface area contributed by atoms with Crippen LogP contribution >= 0.6 is 11.8 Å². The van der Waals surface area contributed by atoms with Crippen molar-refractivity contribution in [3.63, 3.8) is 0 Å². The lowest BCUT2D eigenvalue weighted by molar-refractivity contribution is -0.384. The predicted molar refractivity (Wildman–Crippen MR) is 83.8 cm³/mol. The Bertz CT molecular complexity index is 698. The molecular weight excluding hydrogens is 306 g/mol. The fourth-order valence-corrected chi connectivity index (χ4v) is 2.31. The third kappa shape index (κ3) is 3.97. The van der Waals surface area contributed by atoms with Crippen LogP contribution in [0.4, 0.5) is 5.69 Å². The first-order valence-electron chi connectivity index (χ1n) is 6.84. The molecule has 0 radical (unpaired) electrons. The van der Waals surface area contributed by atoms with Gasteiger partial charge in [0, 0.05) is 18.2 Å². The van der Waals surface area contributed by atoms with Crippen LogP contribution in [0.15, 0.2) is 27.8 Å². The number of hydrogen-bond acceptors (Lipinski definition) is 6. The van der Waals surface area contributed by atoms with Crippen molar-refractivity contribution in [2.24, 2.45) is 5.92 Å². The van der Waals surface area contributed by atoms with E-state index >= 15 is 0 Å². The molecule has 0 aliphatic carbocycles.